The lowest BCUT2D eigenvalue weighted by atomic mass is 10.2. The van der Waals surface area contributed by atoms with Crippen molar-refractivity contribution >= 4 is 17.9 Å². The molecule has 1 atom stereocenters. The summed E-state index contributed by atoms with van der Waals surface area (Å²) in [5.41, 5.74) is 4.90. The smallest absolute Gasteiger partial charge is 0.326 e. The van der Waals surface area contributed by atoms with Crippen LogP contribution in [-0.4, -0.2) is 60.1 Å². The fraction of sp³-hybridized carbons (Fsp3) is 0.727. The highest BCUT2D eigenvalue weighted by Crippen LogP contribution is 1.92. The minimum Gasteiger partial charge on any atom is -0.480 e. The second-order valence-corrected chi connectivity index (χ2v) is 4.54. The molecule has 5 N–H and O–H groups in total. The molecule has 0 aromatic carbocycles. The van der Waals surface area contributed by atoms with Crippen LogP contribution in [0.2, 0.25) is 0 Å². The molecule has 0 aliphatic carbocycles. The third-order valence-corrected chi connectivity index (χ3v) is 2.64. The van der Waals surface area contributed by atoms with Gasteiger partial charge in [0.1, 0.15) is 6.04 Å². The summed E-state index contributed by atoms with van der Waals surface area (Å²) in [4.78, 5) is 34.9. The number of carboxylic acids is 1. The van der Waals surface area contributed by atoms with Crippen molar-refractivity contribution in [1.29, 1.82) is 0 Å². The third-order valence-electron chi connectivity index (χ3n) is 2.64. The van der Waals surface area contributed by atoms with Crippen LogP contribution in [0.3, 0.4) is 0 Å². The lowest BCUT2D eigenvalue weighted by Gasteiger charge is -2.21. The Labute approximate surface area is 112 Å². The van der Waals surface area contributed by atoms with Crippen LogP contribution < -0.4 is 16.4 Å². The molecule has 0 fully saturated rings. The first-order valence-corrected chi connectivity index (χ1v) is 5.99. The second kappa shape index (κ2) is 8.30. The molecule has 0 saturated carbocycles. The van der Waals surface area contributed by atoms with Crippen LogP contribution in [0.4, 0.5) is 4.79 Å². The summed E-state index contributed by atoms with van der Waals surface area (Å²) in [5, 5.41) is 13.5. The molecule has 8 heteroatoms. The van der Waals surface area contributed by atoms with E-state index in [0.29, 0.717) is 19.1 Å². The summed E-state index contributed by atoms with van der Waals surface area (Å²) in [5.74, 6) is -2.08. The highest BCUT2D eigenvalue weighted by molar-refractivity contribution is 5.87. The van der Waals surface area contributed by atoms with Gasteiger partial charge in [-0.15, -0.1) is 0 Å². The number of nitrogens with one attached hydrogen (secondary N) is 2. The molecule has 0 saturated heterocycles. The molecule has 8 nitrogen and oxygen atoms in total. The number of carbonyl (C=O) groups excluding carboxylic acids is 2. The second-order valence-electron chi connectivity index (χ2n) is 4.54. The number of hydrogen-bond donors (Lipinski definition) is 4. The molecule has 0 aromatic heterocycles. The van der Waals surface area contributed by atoms with E-state index in [-0.39, 0.29) is 0 Å². The minimum absolute atomic E-state index is 0.353. The number of rotatable bonds is 8. The molecular weight excluding hydrogens is 252 g/mol. The Hall–Kier alpha value is -1.83. The number of aliphatic carboxylic acids is 1. The maximum absolute atomic E-state index is 11.4. The largest absolute Gasteiger partial charge is 0.480 e. The lowest BCUT2D eigenvalue weighted by Crippen LogP contribution is -2.49. The summed E-state index contributed by atoms with van der Waals surface area (Å²) in [7, 11) is 1.91. The van der Waals surface area contributed by atoms with Gasteiger partial charge in [0.05, 0.1) is 6.42 Å². The Kier molecular flexibility index (Phi) is 7.50. The van der Waals surface area contributed by atoms with Crippen LogP contribution in [-0.2, 0) is 9.59 Å². The average Bonchev–Trinajstić information content (AvgIpc) is 2.26. The van der Waals surface area contributed by atoms with Gasteiger partial charge in [0.15, 0.2) is 0 Å². The summed E-state index contributed by atoms with van der Waals surface area (Å²) in [6.07, 6.45) is -0.436. The molecule has 110 valence electrons. The van der Waals surface area contributed by atoms with Gasteiger partial charge in [0.25, 0.3) is 0 Å². The number of primary amides is 1. The Morgan fingerprint density at radius 3 is 2.32 bits per heavy atom. The molecule has 0 bridgehead atoms. The summed E-state index contributed by atoms with van der Waals surface area (Å²) in [6, 6.07) is -1.59. The van der Waals surface area contributed by atoms with Gasteiger partial charge in [-0.05, 0) is 20.9 Å². The zero-order valence-electron chi connectivity index (χ0n) is 11.5. The topological polar surface area (TPSA) is 125 Å². The van der Waals surface area contributed by atoms with E-state index in [2.05, 4.69) is 10.6 Å². The maximum atomic E-state index is 11.4. The molecular formula is C11H22N4O4. The Bertz CT molecular complexity index is 333. The molecule has 0 spiro atoms. The monoisotopic (exact) mass is 274 g/mol. The number of amides is 3. The standard InChI is InChI=1S/C11H22N4O4/c1-7(2)15(3)5-4-13-11(19)14-8(10(17)18)6-9(12)16/h7-8H,4-6H2,1-3H3,(H2,12,16)(H,17,18)(H2,13,14,19). The van der Waals surface area contributed by atoms with Crippen molar-refractivity contribution in [3.63, 3.8) is 0 Å². The lowest BCUT2D eigenvalue weighted by molar-refractivity contribution is -0.140. The van der Waals surface area contributed by atoms with E-state index >= 15 is 0 Å². The van der Waals surface area contributed by atoms with Crippen molar-refractivity contribution in [3.8, 4) is 0 Å². The van der Waals surface area contributed by atoms with Gasteiger partial charge >= 0.3 is 12.0 Å². The van der Waals surface area contributed by atoms with E-state index in [1.165, 1.54) is 0 Å². The number of nitrogens with zero attached hydrogens (tertiary/aromatic N) is 1. The van der Waals surface area contributed by atoms with Gasteiger partial charge in [-0.3, -0.25) is 4.79 Å². The van der Waals surface area contributed by atoms with Gasteiger partial charge in [-0.1, -0.05) is 0 Å². The molecule has 0 aliphatic rings. The predicted molar refractivity (Wildman–Crippen MR) is 69.5 cm³/mol. The molecule has 0 rings (SSSR count). The summed E-state index contributed by atoms with van der Waals surface area (Å²) in [6.45, 7) is 5.06. The van der Waals surface area contributed by atoms with Crippen molar-refractivity contribution in [2.45, 2.75) is 32.4 Å². The zero-order chi connectivity index (χ0) is 15.0. The van der Waals surface area contributed by atoms with Crippen molar-refractivity contribution in [1.82, 2.24) is 15.5 Å². The van der Waals surface area contributed by atoms with Gasteiger partial charge in [-0.25, -0.2) is 9.59 Å². The molecule has 1 unspecified atom stereocenters. The highest BCUT2D eigenvalue weighted by Gasteiger charge is 2.21. The number of likely N-dealkylation sites (N-methyl/N-ethyl adjacent to an activating group) is 1. The maximum Gasteiger partial charge on any atom is 0.326 e. The number of nitrogens with two attached hydrogens (primary N) is 1. The van der Waals surface area contributed by atoms with E-state index in [1.54, 1.807) is 0 Å². The Morgan fingerprint density at radius 2 is 1.89 bits per heavy atom. The average molecular weight is 274 g/mol. The van der Waals surface area contributed by atoms with Crippen LogP contribution in [0.1, 0.15) is 20.3 Å². The molecule has 0 aliphatic heterocycles. The molecule has 19 heavy (non-hydrogen) atoms. The van der Waals surface area contributed by atoms with Gasteiger partial charge in [0.2, 0.25) is 5.91 Å². The van der Waals surface area contributed by atoms with Crippen molar-refractivity contribution in [2.24, 2.45) is 5.73 Å². The summed E-state index contributed by atoms with van der Waals surface area (Å²) >= 11 is 0. The number of carboxylic acid groups (broad SMARTS) is 1. The van der Waals surface area contributed by atoms with Crippen LogP contribution in [0.5, 0.6) is 0 Å². The van der Waals surface area contributed by atoms with Gasteiger partial charge in [-0.2, -0.15) is 0 Å². The van der Waals surface area contributed by atoms with Crippen LogP contribution in [0.15, 0.2) is 0 Å². The normalized spacial score (nSPS) is 12.3. The zero-order valence-corrected chi connectivity index (χ0v) is 11.5. The quantitative estimate of drug-likeness (QED) is 0.449. The third kappa shape index (κ3) is 7.98. The van der Waals surface area contributed by atoms with E-state index in [0.717, 1.165) is 0 Å². The van der Waals surface area contributed by atoms with E-state index in [4.69, 9.17) is 10.8 Å². The SMILES string of the molecule is CC(C)N(C)CCNC(=O)NC(CC(N)=O)C(=O)O. The fourth-order valence-electron chi connectivity index (χ4n) is 1.21. The fourth-order valence-corrected chi connectivity index (χ4v) is 1.21. The van der Waals surface area contributed by atoms with Crippen LogP contribution in [0, 0.1) is 0 Å². The summed E-state index contributed by atoms with van der Waals surface area (Å²) < 4.78 is 0. The van der Waals surface area contributed by atoms with E-state index < -0.39 is 30.4 Å². The number of carbonyl (C=O) groups is 3. The van der Waals surface area contributed by atoms with Crippen molar-refractivity contribution < 1.29 is 19.5 Å². The molecule has 0 heterocycles. The molecule has 0 aromatic rings. The predicted octanol–water partition coefficient (Wildman–Crippen LogP) is -1.05. The van der Waals surface area contributed by atoms with Gasteiger partial charge < -0.3 is 26.4 Å². The molecule has 0 radical (unpaired) electrons. The highest BCUT2D eigenvalue weighted by atomic mass is 16.4. The Morgan fingerprint density at radius 1 is 1.32 bits per heavy atom. The van der Waals surface area contributed by atoms with Crippen LogP contribution in [0.25, 0.3) is 0 Å². The first-order valence-electron chi connectivity index (χ1n) is 5.99. The Balaban J connectivity index is 4.07. The van der Waals surface area contributed by atoms with Crippen molar-refractivity contribution in [3.05, 3.63) is 0 Å². The number of hydrogen-bond acceptors (Lipinski definition) is 4. The van der Waals surface area contributed by atoms with E-state index in [1.807, 2.05) is 25.8 Å². The number of urea groups is 1. The first-order chi connectivity index (χ1) is 8.73. The minimum atomic E-state index is -1.31. The van der Waals surface area contributed by atoms with Gasteiger partial charge in [0, 0.05) is 19.1 Å². The van der Waals surface area contributed by atoms with Crippen LogP contribution >= 0.6 is 0 Å². The molecule has 3 amide bonds. The van der Waals surface area contributed by atoms with Crippen molar-refractivity contribution in [2.75, 3.05) is 20.1 Å². The first kappa shape index (κ1) is 17.2. The van der Waals surface area contributed by atoms with E-state index in [9.17, 15) is 14.4 Å².